The lowest BCUT2D eigenvalue weighted by Gasteiger charge is -2.10. The molecule has 0 unspecified atom stereocenters. The third kappa shape index (κ3) is 2.39. The lowest BCUT2D eigenvalue weighted by molar-refractivity contribution is 0.750. The molecule has 2 aromatic rings. The van der Waals surface area contributed by atoms with Gasteiger partial charge < -0.3 is 9.88 Å². The standard InChI is InChI=1S/C13H21N5/c1-5-6-15-13-12(10(2)16-17(13)4)9-18-8-7-14-11(18)3/h7-8,15H,5-6,9H2,1-4H3. The maximum absolute atomic E-state index is 4.49. The fourth-order valence-electron chi connectivity index (χ4n) is 2.10. The van der Waals surface area contributed by atoms with E-state index in [0.29, 0.717) is 0 Å². The van der Waals surface area contributed by atoms with E-state index >= 15 is 0 Å². The van der Waals surface area contributed by atoms with Crippen molar-refractivity contribution in [1.29, 1.82) is 0 Å². The Morgan fingerprint density at radius 2 is 2.11 bits per heavy atom. The molecule has 0 aromatic carbocycles. The molecule has 18 heavy (non-hydrogen) atoms. The molecule has 0 fully saturated rings. The zero-order valence-corrected chi connectivity index (χ0v) is 11.6. The Morgan fingerprint density at radius 3 is 2.72 bits per heavy atom. The van der Waals surface area contributed by atoms with Crippen LogP contribution < -0.4 is 5.32 Å². The van der Waals surface area contributed by atoms with Gasteiger partial charge in [0.2, 0.25) is 0 Å². The fourth-order valence-corrected chi connectivity index (χ4v) is 2.10. The Labute approximate surface area is 108 Å². The minimum Gasteiger partial charge on any atom is -0.370 e. The predicted molar refractivity (Wildman–Crippen MR) is 72.8 cm³/mol. The van der Waals surface area contributed by atoms with Gasteiger partial charge in [-0.15, -0.1) is 0 Å². The number of hydrogen-bond donors (Lipinski definition) is 1. The van der Waals surface area contributed by atoms with Crippen molar-refractivity contribution in [3.8, 4) is 0 Å². The second-order valence-corrected chi connectivity index (χ2v) is 4.57. The second-order valence-electron chi connectivity index (χ2n) is 4.57. The van der Waals surface area contributed by atoms with Gasteiger partial charge in [-0.1, -0.05) is 6.92 Å². The molecule has 0 amide bonds. The van der Waals surface area contributed by atoms with Crippen molar-refractivity contribution in [2.75, 3.05) is 11.9 Å². The average molecular weight is 247 g/mol. The first kappa shape index (κ1) is 12.7. The van der Waals surface area contributed by atoms with Gasteiger partial charge in [0.1, 0.15) is 11.6 Å². The van der Waals surface area contributed by atoms with Gasteiger partial charge in [-0.25, -0.2) is 4.98 Å². The van der Waals surface area contributed by atoms with Crippen LogP contribution >= 0.6 is 0 Å². The maximum Gasteiger partial charge on any atom is 0.129 e. The molecule has 0 bridgehead atoms. The van der Waals surface area contributed by atoms with Crippen LogP contribution in [0.4, 0.5) is 5.82 Å². The van der Waals surface area contributed by atoms with Crippen LogP contribution in [-0.4, -0.2) is 25.9 Å². The predicted octanol–water partition coefficient (Wildman–Crippen LogP) is 2.10. The van der Waals surface area contributed by atoms with Crippen LogP contribution in [0.25, 0.3) is 0 Å². The summed E-state index contributed by atoms with van der Waals surface area (Å²) in [6, 6.07) is 0. The van der Waals surface area contributed by atoms with Gasteiger partial charge in [-0.2, -0.15) is 5.10 Å². The quantitative estimate of drug-likeness (QED) is 0.880. The monoisotopic (exact) mass is 247 g/mol. The van der Waals surface area contributed by atoms with Crippen LogP contribution in [0.15, 0.2) is 12.4 Å². The Kier molecular flexibility index (Phi) is 3.69. The van der Waals surface area contributed by atoms with E-state index in [9.17, 15) is 0 Å². The smallest absolute Gasteiger partial charge is 0.129 e. The van der Waals surface area contributed by atoms with Gasteiger partial charge in [0.15, 0.2) is 0 Å². The van der Waals surface area contributed by atoms with Gasteiger partial charge in [0, 0.05) is 31.5 Å². The third-order valence-corrected chi connectivity index (χ3v) is 3.14. The van der Waals surface area contributed by atoms with E-state index in [4.69, 9.17) is 0 Å². The minimum atomic E-state index is 0.817. The number of rotatable bonds is 5. The summed E-state index contributed by atoms with van der Waals surface area (Å²) in [7, 11) is 1.98. The molecule has 2 rings (SSSR count). The highest BCUT2D eigenvalue weighted by Crippen LogP contribution is 2.20. The normalized spacial score (nSPS) is 10.9. The van der Waals surface area contributed by atoms with Crippen molar-refractivity contribution in [2.24, 2.45) is 7.05 Å². The molecular formula is C13H21N5. The van der Waals surface area contributed by atoms with Crippen LogP contribution in [-0.2, 0) is 13.6 Å². The maximum atomic E-state index is 4.49. The zero-order valence-electron chi connectivity index (χ0n) is 11.6. The highest BCUT2D eigenvalue weighted by Gasteiger charge is 2.13. The van der Waals surface area contributed by atoms with Crippen molar-refractivity contribution >= 4 is 5.82 Å². The van der Waals surface area contributed by atoms with Crippen LogP contribution in [0.1, 0.15) is 30.4 Å². The Hall–Kier alpha value is -1.78. The van der Waals surface area contributed by atoms with E-state index in [0.717, 1.165) is 36.8 Å². The van der Waals surface area contributed by atoms with Crippen LogP contribution in [0.2, 0.25) is 0 Å². The molecule has 0 spiro atoms. The molecule has 0 saturated carbocycles. The second kappa shape index (κ2) is 5.25. The number of hydrogen-bond acceptors (Lipinski definition) is 3. The van der Waals surface area contributed by atoms with E-state index in [1.165, 1.54) is 5.56 Å². The molecule has 5 heteroatoms. The van der Waals surface area contributed by atoms with Crippen molar-refractivity contribution in [3.05, 3.63) is 29.5 Å². The summed E-state index contributed by atoms with van der Waals surface area (Å²) in [4.78, 5) is 4.26. The van der Waals surface area contributed by atoms with Gasteiger partial charge in [-0.3, -0.25) is 4.68 Å². The lowest BCUT2D eigenvalue weighted by Crippen LogP contribution is -2.09. The first-order valence-electron chi connectivity index (χ1n) is 6.37. The van der Waals surface area contributed by atoms with Crippen LogP contribution in [0.5, 0.6) is 0 Å². The Balaban J connectivity index is 2.28. The number of aryl methyl sites for hydroxylation is 3. The van der Waals surface area contributed by atoms with E-state index in [-0.39, 0.29) is 0 Å². The summed E-state index contributed by atoms with van der Waals surface area (Å²) in [6.45, 7) is 8.02. The van der Waals surface area contributed by atoms with E-state index in [1.807, 2.05) is 31.0 Å². The molecule has 0 aliphatic heterocycles. The minimum absolute atomic E-state index is 0.817. The van der Waals surface area contributed by atoms with Crippen molar-refractivity contribution < 1.29 is 0 Å². The Morgan fingerprint density at radius 1 is 1.33 bits per heavy atom. The molecule has 0 radical (unpaired) electrons. The lowest BCUT2D eigenvalue weighted by atomic mass is 10.2. The third-order valence-electron chi connectivity index (χ3n) is 3.14. The fraction of sp³-hybridized carbons (Fsp3) is 0.538. The topological polar surface area (TPSA) is 47.7 Å². The number of nitrogens with one attached hydrogen (secondary N) is 1. The van der Waals surface area contributed by atoms with Gasteiger partial charge in [-0.05, 0) is 20.3 Å². The van der Waals surface area contributed by atoms with E-state index in [2.05, 4.69) is 33.8 Å². The molecular weight excluding hydrogens is 226 g/mol. The molecule has 0 atom stereocenters. The summed E-state index contributed by atoms with van der Waals surface area (Å²) in [6.07, 6.45) is 4.94. The molecule has 0 saturated heterocycles. The number of aromatic nitrogens is 4. The van der Waals surface area contributed by atoms with E-state index in [1.54, 1.807) is 0 Å². The van der Waals surface area contributed by atoms with Crippen molar-refractivity contribution in [1.82, 2.24) is 19.3 Å². The van der Waals surface area contributed by atoms with E-state index < -0.39 is 0 Å². The Bertz CT molecular complexity index is 523. The molecule has 2 heterocycles. The highest BCUT2D eigenvalue weighted by molar-refractivity contribution is 5.47. The van der Waals surface area contributed by atoms with Gasteiger partial charge in [0.25, 0.3) is 0 Å². The van der Waals surface area contributed by atoms with Gasteiger partial charge in [0.05, 0.1) is 12.2 Å². The van der Waals surface area contributed by atoms with Crippen LogP contribution in [0.3, 0.4) is 0 Å². The first-order valence-corrected chi connectivity index (χ1v) is 6.37. The average Bonchev–Trinajstić information content (AvgIpc) is 2.84. The molecule has 1 N–H and O–H groups in total. The van der Waals surface area contributed by atoms with Crippen molar-refractivity contribution in [2.45, 2.75) is 33.7 Å². The summed E-state index contributed by atoms with van der Waals surface area (Å²) < 4.78 is 4.06. The molecule has 5 nitrogen and oxygen atoms in total. The van der Waals surface area contributed by atoms with Crippen molar-refractivity contribution in [3.63, 3.8) is 0 Å². The number of imidazole rings is 1. The number of nitrogens with zero attached hydrogens (tertiary/aromatic N) is 4. The number of anilines is 1. The molecule has 0 aliphatic rings. The largest absolute Gasteiger partial charge is 0.370 e. The molecule has 98 valence electrons. The SMILES string of the molecule is CCCNc1c(Cn2ccnc2C)c(C)nn1C. The molecule has 0 aliphatic carbocycles. The summed E-state index contributed by atoms with van der Waals surface area (Å²) in [5.41, 5.74) is 2.32. The summed E-state index contributed by atoms with van der Waals surface area (Å²) in [5.74, 6) is 2.14. The summed E-state index contributed by atoms with van der Waals surface area (Å²) in [5, 5.41) is 7.95. The van der Waals surface area contributed by atoms with Gasteiger partial charge >= 0.3 is 0 Å². The highest BCUT2D eigenvalue weighted by atomic mass is 15.3. The zero-order chi connectivity index (χ0) is 13.1. The summed E-state index contributed by atoms with van der Waals surface area (Å²) >= 11 is 0. The van der Waals surface area contributed by atoms with Crippen LogP contribution in [0, 0.1) is 13.8 Å². The first-order chi connectivity index (χ1) is 8.63. The molecule has 2 aromatic heterocycles.